The molecule has 4 aromatic rings. The van der Waals surface area contributed by atoms with Crippen LogP contribution in [0.3, 0.4) is 0 Å². The Morgan fingerprint density at radius 2 is 1.42 bits per heavy atom. The van der Waals surface area contributed by atoms with Crippen molar-refractivity contribution in [1.29, 1.82) is 0 Å². The van der Waals surface area contributed by atoms with E-state index in [0.29, 0.717) is 11.5 Å². The molecule has 0 radical (unpaired) electrons. The van der Waals surface area contributed by atoms with Crippen molar-refractivity contribution in [1.82, 2.24) is 5.06 Å². The molecular weight excluding hydrogens is 647 g/mol. The van der Waals surface area contributed by atoms with Gasteiger partial charge in [-0.05, 0) is 78.9 Å². The Bertz CT molecular complexity index is 2200. The van der Waals surface area contributed by atoms with Crippen molar-refractivity contribution >= 4 is 56.4 Å². The maximum absolute atomic E-state index is 12.4. The molecule has 3 aliphatic heterocycles. The topological polar surface area (TPSA) is 69.9 Å². The number of hydrogen-bond acceptors (Lipinski definition) is 5. The van der Waals surface area contributed by atoms with Crippen molar-refractivity contribution in [3.8, 4) is 0 Å². The van der Waals surface area contributed by atoms with Gasteiger partial charge in [-0.25, -0.2) is 4.79 Å². The van der Waals surface area contributed by atoms with Gasteiger partial charge >= 0.3 is 5.97 Å². The smallest absolute Gasteiger partial charge is 0.333 e. The molecule has 0 bridgehead atoms. The standard InChI is InChI=1S/C45H48N3O4/c1-6-46-35-26-24-31-17-12-14-19-33(31)42(35)44(2,3)37(46)21-9-7-10-22-38-45(4,5)43-34-20-15-13-18-32(34)25-27-36(43)47(38)30-16-8-11-23-41(51)52-48-39(49)28-29-40(48)50/h7,9-10,12-15,17-22,24-27H,6,8,11,16,23,28-30H2,1-5H3/q+1. The predicted molar refractivity (Wildman–Crippen MR) is 209 cm³/mol. The second-order valence-corrected chi connectivity index (χ2v) is 15.0. The summed E-state index contributed by atoms with van der Waals surface area (Å²) in [6, 6.07) is 26.2. The molecule has 2 amide bonds. The third-order valence-electron chi connectivity index (χ3n) is 11.0. The van der Waals surface area contributed by atoms with Gasteiger partial charge in [0.25, 0.3) is 11.8 Å². The zero-order valence-corrected chi connectivity index (χ0v) is 30.9. The summed E-state index contributed by atoms with van der Waals surface area (Å²) in [5, 5.41) is 5.71. The van der Waals surface area contributed by atoms with Gasteiger partial charge in [-0.1, -0.05) is 86.7 Å². The lowest BCUT2D eigenvalue weighted by atomic mass is 9.79. The van der Waals surface area contributed by atoms with Crippen LogP contribution in [-0.4, -0.2) is 46.2 Å². The first-order valence-electron chi connectivity index (χ1n) is 18.6. The van der Waals surface area contributed by atoms with E-state index in [4.69, 9.17) is 4.84 Å². The van der Waals surface area contributed by atoms with Crippen LogP contribution in [0.4, 0.5) is 11.4 Å². The molecule has 0 spiro atoms. The fourth-order valence-corrected chi connectivity index (χ4v) is 8.53. The number of anilines is 1. The summed E-state index contributed by atoms with van der Waals surface area (Å²) in [5.41, 5.74) is 7.39. The number of carbonyl (C=O) groups excluding carboxylic acids is 3. The minimum atomic E-state index is -0.542. The van der Waals surface area contributed by atoms with Crippen LogP contribution >= 0.6 is 0 Å². The minimum Gasteiger partial charge on any atom is -0.344 e. The van der Waals surface area contributed by atoms with Crippen molar-refractivity contribution in [3.05, 3.63) is 120 Å². The summed E-state index contributed by atoms with van der Waals surface area (Å²) in [5.74, 6) is -1.44. The third-order valence-corrected chi connectivity index (χ3v) is 11.0. The molecule has 7 heteroatoms. The van der Waals surface area contributed by atoms with Crippen LogP contribution in [0.5, 0.6) is 0 Å². The number of imide groups is 1. The summed E-state index contributed by atoms with van der Waals surface area (Å²) in [6.07, 6.45) is 13.6. The highest BCUT2D eigenvalue weighted by molar-refractivity contribution is 6.07. The molecule has 0 N–H and O–H groups in total. The fraction of sp³-hybridized carbons (Fsp3) is 0.333. The van der Waals surface area contributed by atoms with Crippen molar-refractivity contribution in [3.63, 3.8) is 0 Å². The Kier molecular flexibility index (Phi) is 9.47. The molecule has 0 saturated carbocycles. The lowest BCUT2D eigenvalue weighted by Crippen LogP contribution is -2.31. The largest absolute Gasteiger partial charge is 0.344 e. The van der Waals surface area contributed by atoms with E-state index >= 15 is 0 Å². The summed E-state index contributed by atoms with van der Waals surface area (Å²) in [6.45, 7) is 13.2. The second-order valence-electron chi connectivity index (χ2n) is 15.0. The molecule has 0 aromatic heterocycles. The molecule has 266 valence electrons. The van der Waals surface area contributed by atoms with E-state index in [9.17, 15) is 14.4 Å². The first kappa shape index (κ1) is 35.1. The monoisotopic (exact) mass is 694 g/mol. The predicted octanol–water partition coefficient (Wildman–Crippen LogP) is 9.35. The van der Waals surface area contributed by atoms with Crippen LogP contribution in [0.1, 0.15) is 84.3 Å². The number of unbranched alkanes of at least 4 members (excludes halogenated alkanes) is 2. The molecule has 1 fully saturated rings. The molecule has 7 nitrogen and oxygen atoms in total. The summed E-state index contributed by atoms with van der Waals surface area (Å²) < 4.78 is 2.44. The molecule has 4 aromatic carbocycles. The molecule has 0 unspecified atom stereocenters. The van der Waals surface area contributed by atoms with Crippen LogP contribution in [0.15, 0.2) is 109 Å². The van der Waals surface area contributed by atoms with Crippen molar-refractivity contribution in [2.24, 2.45) is 0 Å². The number of benzene rings is 4. The van der Waals surface area contributed by atoms with E-state index in [1.165, 1.54) is 55.5 Å². The molecular formula is C45H48N3O4+. The number of allylic oxidation sites excluding steroid dienone is 6. The lowest BCUT2D eigenvalue weighted by molar-refractivity contribution is -0.438. The molecule has 7 rings (SSSR count). The van der Waals surface area contributed by atoms with Crippen LogP contribution in [0.25, 0.3) is 21.5 Å². The maximum atomic E-state index is 12.4. The number of carbonyl (C=O) groups is 3. The van der Waals surface area contributed by atoms with Crippen molar-refractivity contribution in [2.45, 2.75) is 84.0 Å². The van der Waals surface area contributed by atoms with Gasteiger partial charge in [0, 0.05) is 66.7 Å². The zero-order valence-electron chi connectivity index (χ0n) is 30.9. The molecule has 52 heavy (non-hydrogen) atoms. The molecule has 1 saturated heterocycles. The van der Waals surface area contributed by atoms with Gasteiger partial charge < -0.3 is 9.74 Å². The normalized spacial score (nSPS) is 18.6. The van der Waals surface area contributed by atoms with Crippen LogP contribution in [0, 0.1) is 0 Å². The number of amides is 2. The number of rotatable bonds is 11. The lowest BCUT2D eigenvalue weighted by Gasteiger charge is -2.26. The highest BCUT2D eigenvalue weighted by atomic mass is 16.7. The van der Waals surface area contributed by atoms with E-state index in [1.807, 2.05) is 0 Å². The van der Waals surface area contributed by atoms with Crippen molar-refractivity contribution < 1.29 is 23.8 Å². The Morgan fingerprint density at radius 1 is 0.769 bits per heavy atom. The molecule has 0 aliphatic carbocycles. The third kappa shape index (κ3) is 6.16. The summed E-state index contributed by atoms with van der Waals surface area (Å²) in [7, 11) is 0. The Labute approximate surface area is 306 Å². The highest BCUT2D eigenvalue weighted by Gasteiger charge is 2.45. The SMILES string of the molecule is CCN1C(=CC=CC=CC2=[N+](CCCCCC(=O)ON3C(=O)CCC3=O)c3ccc4ccccc4c3C2(C)C)C(C)(C)c2c1ccc1ccccc21. The average molecular weight is 695 g/mol. The first-order chi connectivity index (χ1) is 25.0. The van der Waals surface area contributed by atoms with Gasteiger partial charge in [-0.3, -0.25) is 9.59 Å². The van der Waals surface area contributed by atoms with E-state index in [1.54, 1.807) is 0 Å². The highest BCUT2D eigenvalue weighted by Crippen LogP contribution is 2.50. The number of fused-ring (bicyclic) bond motifs is 6. The Balaban J connectivity index is 1.11. The molecule has 3 aliphatic rings. The number of hydroxylamine groups is 2. The quantitative estimate of drug-likeness (QED) is 0.0678. The van der Waals surface area contributed by atoms with Crippen LogP contribution in [-0.2, 0) is 30.1 Å². The summed E-state index contributed by atoms with van der Waals surface area (Å²) in [4.78, 5) is 43.5. The van der Waals surface area contributed by atoms with Crippen LogP contribution in [0.2, 0.25) is 0 Å². The van der Waals surface area contributed by atoms with Crippen molar-refractivity contribution in [2.75, 3.05) is 18.0 Å². The zero-order chi connectivity index (χ0) is 36.6. The van der Waals surface area contributed by atoms with Crippen LogP contribution < -0.4 is 4.90 Å². The first-order valence-corrected chi connectivity index (χ1v) is 18.6. The van der Waals surface area contributed by atoms with Gasteiger partial charge in [0.2, 0.25) is 5.69 Å². The Hall–Kier alpha value is -5.30. The van der Waals surface area contributed by atoms with E-state index in [-0.39, 0.29) is 30.1 Å². The van der Waals surface area contributed by atoms with E-state index in [2.05, 4.69) is 147 Å². The fourth-order valence-electron chi connectivity index (χ4n) is 8.53. The van der Waals surface area contributed by atoms with Gasteiger partial charge in [-0.15, -0.1) is 5.06 Å². The van der Waals surface area contributed by atoms with Gasteiger partial charge in [0.15, 0.2) is 5.71 Å². The average Bonchev–Trinajstić information content (AvgIpc) is 3.66. The molecule has 3 heterocycles. The van der Waals surface area contributed by atoms with Gasteiger partial charge in [0.05, 0.1) is 5.41 Å². The van der Waals surface area contributed by atoms with Gasteiger partial charge in [-0.2, -0.15) is 4.58 Å². The van der Waals surface area contributed by atoms with Gasteiger partial charge in [0.1, 0.15) is 6.54 Å². The second kappa shape index (κ2) is 14.0. The van der Waals surface area contributed by atoms with E-state index in [0.717, 1.165) is 25.9 Å². The molecule has 0 atom stereocenters. The number of likely N-dealkylation sites (N-methyl/N-ethyl adjacent to an activating group) is 1. The maximum Gasteiger partial charge on any atom is 0.333 e. The minimum absolute atomic E-state index is 0.0952. The number of nitrogens with zero attached hydrogens (tertiary/aromatic N) is 3. The number of hydrogen-bond donors (Lipinski definition) is 0. The summed E-state index contributed by atoms with van der Waals surface area (Å²) >= 11 is 0. The van der Waals surface area contributed by atoms with E-state index < -0.39 is 17.8 Å². The Morgan fingerprint density at radius 3 is 2.12 bits per heavy atom.